The summed E-state index contributed by atoms with van der Waals surface area (Å²) in [4.78, 5) is 17.5. The predicted octanol–water partition coefficient (Wildman–Crippen LogP) is 4.18. The average Bonchev–Trinajstić information content (AvgIpc) is 3.26. The molecule has 2 heterocycles. The molecule has 0 atom stereocenters. The number of anilines is 2. The lowest BCUT2D eigenvalue weighted by atomic mass is 10.0. The molecule has 0 spiro atoms. The van der Waals surface area contributed by atoms with Crippen LogP contribution in [-0.4, -0.2) is 23.8 Å². The van der Waals surface area contributed by atoms with Crippen molar-refractivity contribution in [1.29, 1.82) is 10.5 Å². The molecule has 1 amide bonds. The van der Waals surface area contributed by atoms with Crippen molar-refractivity contribution in [2.45, 2.75) is 11.9 Å². The standard InChI is InChI=1S/C21H17N5O2S2/c1-12-5-6-16(28-2)15(8-12)25-18(27)11-30-21-14(10-23)19(17-4-3-7-29-17)13(9-22)20(24)26-21/h3-8H,11H2,1-2H3,(H2,24,26)(H,25,27). The first-order valence-corrected chi connectivity index (χ1v) is 10.6. The quantitative estimate of drug-likeness (QED) is 0.556. The van der Waals surface area contributed by atoms with Crippen LogP contribution in [0.15, 0.2) is 40.7 Å². The molecule has 0 radical (unpaired) electrons. The van der Waals surface area contributed by atoms with Crippen molar-refractivity contribution in [3.8, 4) is 28.3 Å². The minimum absolute atomic E-state index is 0.00793. The fourth-order valence-corrected chi connectivity index (χ4v) is 4.39. The van der Waals surface area contributed by atoms with E-state index in [4.69, 9.17) is 10.5 Å². The minimum atomic E-state index is -0.282. The summed E-state index contributed by atoms with van der Waals surface area (Å²) in [6.07, 6.45) is 0. The molecule has 2 aromatic heterocycles. The van der Waals surface area contributed by atoms with Crippen LogP contribution < -0.4 is 15.8 Å². The summed E-state index contributed by atoms with van der Waals surface area (Å²) in [6, 6.07) is 13.3. The number of nitrogens with zero attached hydrogens (tertiary/aromatic N) is 3. The summed E-state index contributed by atoms with van der Waals surface area (Å²) in [5.74, 6) is 0.310. The van der Waals surface area contributed by atoms with E-state index in [0.717, 1.165) is 22.2 Å². The van der Waals surface area contributed by atoms with E-state index in [9.17, 15) is 15.3 Å². The van der Waals surface area contributed by atoms with Gasteiger partial charge in [0.2, 0.25) is 5.91 Å². The number of rotatable bonds is 6. The van der Waals surface area contributed by atoms with E-state index in [1.54, 1.807) is 6.07 Å². The Morgan fingerprint density at radius 3 is 2.70 bits per heavy atom. The topological polar surface area (TPSA) is 125 Å². The van der Waals surface area contributed by atoms with Gasteiger partial charge in [0.1, 0.15) is 34.3 Å². The molecule has 1 aromatic carbocycles. The van der Waals surface area contributed by atoms with Gasteiger partial charge in [0.25, 0.3) is 0 Å². The van der Waals surface area contributed by atoms with E-state index in [-0.39, 0.29) is 28.6 Å². The Labute approximate surface area is 182 Å². The van der Waals surface area contributed by atoms with Gasteiger partial charge in [-0.15, -0.1) is 11.3 Å². The maximum Gasteiger partial charge on any atom is 0.234 e. The second-order valence-corrected chi connectivity index (χ2v) is 8.08. The molecule has 0 aliphatic rings. The zero-order valence-corrected chi connectivity index (χ0v) is 17.9. The summed E-state index contributed by atoms with van der Waals surface area (Å²) in [5, 5.41) is 24.2. The number of thiophene rings is 1. The third-order valence-corrected chi connectivity index (χ3v) is 6.01. The highest BCUT2D eigenvalue weighted by Gasteiger charge is 2.21. The minimum Gasteiger partial charge on any atom is -0.495 e. The van der Waals surface area contributed by atoms with Crippen molar-refractivity contribution in [1.82, 2.24) is 4.98 Å². The number of nitrogens with two attached hydrogens (primary N) is 1. The highest BCUT2D eigenvalue weighted by Crippen LogP contribution is 2.37. The van der Waals surface area contributed by atoms with E-state index >= 15 is 0 Å². The van der Waals surface area contributed by atoms with Gasteiger partial charge >= 0.3 is 0 Å². The zero-order valence-electron chi connectivity index (χ0n) is 16.2. The first-order chi connectivity index (χ1) is 14.5. The van der Waals surface area contributed by atoms with Gasteiger partial charge in [-0.3, -0.25) is 4.79 Å². The average molecular weight is 436 g/mol. The Hall–Kier alpha value is -3.53. The summed E-state index contributed by atoms with van der Waals surface area (Å²) in [7, 11) is 1.53. The summed E-state index contributed by atoms with van der Waals surface area (Å²) in [5.41, 5.74) is 8.36. The molecular weight excluding hydrogens is 418 g/mol. The van der Waals surface area contributed by atoms with E-state index in [0.29, 0.717) is 22.0 Å². The molecule has 0 unspecified atom stereocenters. The number of nitrogens with one attached hydrogen (secondary N) is 1. The smallest absolute Gasteiger partial charge is 0.234 e. The SMILES string of the molecule is COc1ccc(C)cc1NC(=O)CSc1nc(N)c(C#N)c(-c2cccs2)c1C#N. The van der Waals surface area contributed by atoms with Gasteiger partial charge in [0.15, 0.2) is 0 Å². The second-order valence-electron chi connectivity index (χ2n) is 6.17. The lowest BCUT2D eigenvalue weighted by Crippen LogP contribution is -2.15. The van der Waals surface area contributed by atoms with Crippen molar-refractivity contribution in [3.63, 3.8) is 0 Å². The van der Waals surface area contributed by atoms with Gasteiger partial charge in [-0.05, 0) is 36.1 Å². The van der Waals surface area contributed by atoms with Gasteiger partial charge in [-0.25, -0.2) is 4.98 Å². The number of carbonyl (C=O) groups is 1. The Balaban J connectivity index is 1.88. The number of benzene rings is 1. The van der Waals surface area contributed by atoms with Crippen LogP contribution >= 0.6 is 23.1 Å². The summed E-state index contributed by atoms with van der Waals surface area (Å²) in [6.45, 7) is 1.92. The number of amides is 1. The number of nitriles is 2. The van der Waals surface area contributed by atoms with Crippen molar-refractivity contribution in [2.75, 3.05) is 23.9 Å². The Kier molecular flexibility index (Phi) is 6.58. The number of methoxy groups -OCH3 is 1. The van der Waals surface area contributed by atoms with Gasteiger partial charge in [0.05, 0.1) is 24.1 Å². The molecule has 0 aliphatic carbocycles. The number of hydrogen-bond acceptors (Lipinski definition) is 8. The van der Waals surface area contributed by atoms with E-state index in [1.807, 2.05) is 42.6 Å². The van der Waals surface area contributed by atoms with Crippen LogP contribution in [0.25, 0.3) is 10.4 Å². The number of hydrogen-bond donors (Lipinski definition) is 2. The predicted molar refractivity (Wildman–Crippen MR) is 118 cm³/mol. The third-order valence-electron chi connectivity index (χ3n) is 4.15. The fourth-order valence-electron chi connectivity index (χ4n) is 2.81. The Morgan fingerprint density at radius 1 is 1.30 bits per heavy atom. The molecule has 0 bridgehead atoms. The lowest BCUT2D eigenvalue weighted by molar-refractivity contribution is -0.113. The first kappa shape index (κ1) is 21.2. The molecule has 0 saturated carbocycles. The molecule has 7 nitrogen and oxygen atoms in total. The molecule has 150 valence electrons. The maximum atomic E-state index is 12.5. The molecule has 3 rings (SSSR count). The third kappa shape index (κ3) is 4.38. The number of carbonyl (C=O) groups excluding carboxylic acids is 1. The lowest BCUT2D eigenvalue weighted by Gasteiger charge is -2.13. The van der Waals surface area contributed by atoms with Crippen LogP contribution in [-0.2, 0) is 4.79 Å². The number of aryl methyl sites for hydroxylation is 1. The number of aromatic nitrogens is 1. The van der Waals surface area contributed by atoms with E-state index in [1.165, 1.54) is 18.4 Å². The summed E-state index contributed by atoms with van der Waals surface area (Å²) >= 11 is 2.49. The highest BCUT2D eigenvalue weighted by molar-refractivity contribution is 8.00. The van der Waals surface area contributed by atoms with E-state index < -0.39 is 0 Å². The molecule has 3 aromatic rings. The van der Waals surface area contributed by atoms with Crippen molar-refractivity contribution in [3.05, 3.63) is 52.4 Å². The maximum absolute atomic E-state index is 12.5. The number of nitrogen functional groups attached to an aromatic ring is 1. The van der Waals surface area contributed by atoms with Crippen molar-refractivity contribution < 1.29 is 9.53 Å². The molecule has 30 heavy (non-hydrogen) atoms. The van der Waals surface area contributed by atoms with Crippen LogP contribution in [0.1, 0.15) is 16.7 Å². The molecule has 0 saturated heterocycles. The molecule has 9 heteroatoms. The van der Waals surface area contributed by atoms with Gasteiger partial charge < -0.3 is 15.8 Å². The van der Waals surface area contributed by atoms with Crippen LogP contribution in [0, 0.1) is 29.6 Å². The zero-order chi connectivity index (χ0) is 21.7. The molecule has 3 N–H and O–H groups in total. The van der Waals surface area contributed by atoms with Gasteiger partial charge in [-0.2, -0.15) is 10.5 Å². The first-order valence-electron chi connectivity index (χ1n) is 8.73. The number of thioether (sulfide) groups is 1. The Morgan fingerprint density at radius 2 is 2.07 bits per heavy atom. The normalized spacial score (nSPS) is 10.1. The van der Waals surface area contributed by atoms with E-state index in [2.05, 4.69) is 16.4 Å². The monoisotopic (exact) mass is 435 g/mol. The van der Waals surface area contributed by atoms with Crippen LogP contribution in [0.5, 0.6) is 5.75 Å². The largest absolute Gasteiger partial charge is 0.495 e. The van der Waals surface area contributed by atoms with Crippen LogP contribution in [0.4, 0.5) is 11.5 Å². The molecule has 0 fully saturated rings. The fraction of sp³-hybridized carbons (Fsp3) is 0.143. The molecule has 0 aliphatic heterocycles. The van der Waals surface area contributed by atoms with Crippen LogP contribution in [0.2, 0.25) is 0 Å². The number of pyridine rings is 1. The van der Waals surface area contributed by atoms with Crippen LogP contribution in [0.3, 0.4) is 0 Å². The van der Waals surface area contributed by atoms with Gasteiger partial charge in [-0.1, -0.05) is 23.9 Å². The Bertz CT molecular complexity index is 1180. The van der Waals surface area contributed by atoms with Crippen molar-refractivity contribution in [2.24, 2.45) is 0 Å². The summed E-state index contributed by atoms with van der Waals surface area (Å²) < 4.78 is 5.28. The number of ether oxygens (including phenoxy) is 1. The molecular formula is C21H17N5O2S2. The van der Waals surface area contributed by atoms with Crippen molar-refractivity contribution >= 4 is 40.5 Å². The van der Waals surface area contributed by atoms with Gasteiger partial charge in [0, 0.05) is 10.4 Å². The second kappa shape index (κ2) is 9.31. The highest BCUT2D eigenvalue weighted by atomic mass is 32.2.